The summed E-state index contributed by atoms with van der Waals surface area (Å²) in [4.78, 5) is 23.3. The van der Waals surface area contributed by atoms with Crippen LogP contribution >= 0.6 is 0 Å². The molecule has 0 heterocycles. The smallest absolute Gasteiger partial charge is 0.407 e. The minimum atomic E-state index is -1.15. The molecule has 0 aliphatic rings. The lowest BCUT2D eigenvalue weighted by Crippen LogP contribution is -2.26. The normalized spacial score (nSPS) is 11.4. The second-order valence-corrected chi connectivity index (χ2v) is 6.09. The molecule has 0 aromatic heterocycles. The van der Waals surface area contributed by atoms with Gasteiger partial charge in [-0.25, -0.2) is 9.59 Å². The summed E-state index contributed by atoms with van der Waals surface area (Å²) in [6.07, 6.45) is -0.140. The number of nitrogens with one attached hydrogen (secondary N) is 1. The molecule has 2 aromatic rings. The van der Waals surface area contributed by atoms with Crippen molar-refractivity contribution in [1.82, 2.24) is 5.32 Å². The highest BCUT2D eigenvalue weighted by atomic mass is 16.6. The second kappa shape index (κ2) is 11.7. The van der Waals surface area contributed by atoms with Crippen LogP contribution < -0.4 is 5.32 Å². The number of carbonyl (C=O) groups is 2. The van der Waals surface area contributed by atoms with E-state index < -0.39 is 18.2 Å². The predicted octanol–water partition coefficient (Wildman–Crippen LogP) is 3.19. The first-order chi connectivity index (χ1) is 13.1. The summed E-state index contributed by atoms with van der Waals surface area (Å²) in [5.41, 5.74) is 1.79. The Kier molecular flexibility index (Phi) is 8.86. The molecule has 6 nitrogen and oxygen atoms in total. The molecule has 144 valence electrons. The van der Waals surface area contributed by atoms with E-state index in [4.69, 9.17) is 9.47 Å². The minimum Gasteiger partial charge on any atom is -0.459 e. The number of amides is 1. The van der Waals surface area contributed by atoms with Crippen molar-refractivity contribution in [2.24, 2.45) is 0 Å². The Labute approximate surface area is 159 Å². The number of carbonyl (C=O) groups excluding carboxylic acids is 2. The zero-order chi connectivity index (χ0) is 19.3. The van der Waals surface area contributed by atoms with Crippen LogP contribution in [0.4, 0.5) is 4.79 Å². The molecule has 0 aliphatic heterocycles. The summed E-state index contributed by atoms with van der Waals surface area (Å²) in [7, 11) is 0. The van der Waals surface area contributed by atoms with Crippen molar-refractivity contribution in [1.29, 1.82) is 0 Å². The Hall–Kier alpha value is -2.86. The number of aliphatic hydroxyl groups is 1. The third-order valence-electron chi connectivity index (χ3n) is 3.88. The number of benzene rings is 2. The van der Waals surface area contributed by atoms with Crippen LogP contribution in [-0.4, -0.2) is 29.8 Å². The van der Waals surface area contributed by atoms with E-state index >= 15 is 0 Å². The highest BCUT2D eigenvalue weighted by Crippen LogP contribution is 2.06. The Morgan fingerprint density at radius 1 is 0.852 bits per heavy atom. The van der Waals surface area contributed by atoms with Gasteiger partial charge >= 0.3 is 12.1 Å². The van der Waals surface area contributed by atoms with E-state index in [0.717, 1.165) is 11.1 Å². The van der Waals surface area contributed by atoms with Gasteiger partial charge in [0.25, 0.3) is 0 Å². The number of unbranched alkanes of at least 4 members (excludes halogenated alkanes) is 1. The fraction of sp³-hybridized carbons (Fsp3) is 0.333. The van der Waals surface area contributed by atoms with Gasteiger partial charge in [-0.1, -0.05) is 60.7 Å². The van der Waals surface area contributed by atoms with E-state index in [2.05, 4.69) is 5.32 Å². The first-order valence-electron chi connectivity index (χ1n) is 8.98. The van der Waals surface area contributed by atoms with E-state index in [-0.39, 0.29) is 19.6 Å². The summed E-state index contributed by atoms with van der Waals surface area (Å²) in [5, 5.41) is 12.5. The Morgan fingerprint density at radius 3 is 2.00 bits per heavy atom. The minimum absolute atomic E-state index is 0.144. The van der Waals surface area contributed by atoms with E-state index in [1.807, 2.05) is 60.7 Å². The van der Waals surface area contributed by atoms with Crippen LogP contribution in [0.15, 0.2) is 60.7 Å². The zero-order valence-electron chi connectivity index (χ0n) is 15.2. The maximum Gasteiger partial charge on any atom is 0.407 e. The van der Waals surface area contributed by atoms with Gasteiger partial charge in [0.1, 0.15) is 13.2 Å². The Bertz CT molecular complexity index is 690. The molecule has 2 aromatic carbocycles. The fourth-order valence-corrected chi connectivity index (χ4v) is 2.37. The van der Waals surface area contributed by atoms with Crippen LogP contribution in [0.2, 0.25) is 0 Å². The molecule has 0 unspecified atom stereocenters. The van der Waals surface area contributed by atoms with Crippen LogP contribution in [0.25, 0.3) is 0 Å². The standard InChI is InChI=1S/C21H25NO5/c23-19(20(24)26-15-17-9-3-1-4-10-17)13-7-8-14-22-21(25)27-16-18-11-5-2-6-12-18/h1-6,9-12,19,23H,7-8,13-16H2,(H,22,25)/t19-/m1/s1. The van der Waals surface area contributed by atoms with Crippen molar-refractivity contribution in [2.45, 2.75) is 38.6 Å². The second-order valence-electron chi connectivity index (χ2n) is 6.09. The molecule has 0 saturated carbocycles. The summed E-state index contributed by atoms with van der Waals surface area (Å²) in [6.45, 7) is 0.781. The average Bonchev–Trinajstić information content (AvgIpc) is 2.71. The number of esters is 1. The predicted molar refractivity (Wildman–Crippen MR) is 101 cm³/mol. The summed E-state index contributed by atoms with van der Waals surface area (Å²) in [5.74, 6) is -0.630. The lowest BCUT2D eigenvalue weighted by molar-refractivity contribution is -0.155. The highest BCUT2D eigenvalue weighted by molar-refractivity contribution is 5.74. The lowest BCUT2D eigenvalue weighted by Gasteiger charge is -2.11. The van der Waals surface area contributed by atoms with Gasteiger partial charge in [-0.2, -0.15) is 0 Å². The first-order valence-corrected chi connectivity index (χ1v) is 8.98. The Morgan fingerprint density at radius 2 is 1.41 bits per heavy atom. The number of rotatable bonds is 10. The van der Waals surface area contributed by atoms with Gasteiger partial charge in [0.2, 0.25) is 0 Å². The quantitative estimate of drug-likeness (QED) is 0.495. The lowest BCUT2D eigenvalue weighted by atomic mass is 10.1. The van der Waals surface area contributed by atoms with Gasteiger partial charge in [0, 0.05) is 6.54 Å². The SMILES string of the molecule is O=C(NCCCC[C@@H](O)C(=O)OCc1ccccc1)OCc1ccccc1. The van der Waals surface area contributed by atoms with Crippen LogP contribution in [0.5, 0.6) is 0 Å². The van der Waals surface area contributed by atoms with Gasteiger partial charge in [0.15, 0.2) is 6.10 Å². The molecule has 0 radical (unpaired) electrons. The van der Waals surface area contributed by atoms with Crippen LogP contribution in [0, 0.1) is 0 Å². The molecule has 2 N–H and O–H groups in total. The van der Waals surface area contributed by atoms with Gasteiger partial charge in [-0.05, 0) is 30.4 Å². The number of hydrogen-bond acceptors (Lipinski definition) is 5. The summed E-state index contributed by atoms with van der Waals surface area (Å²) >= 11 is 0. The molecular weight excluding hydrogens is 346 g/mol. The average molecular weight is 371 g/mol. The van der Waals surface area contributed by atoms with Crippen LogP contribution in [0.1, 0.15) is 30.4 Å². The largest absolute Gasteiger partial charge is 0.459 e. The third-order valence-corrected chi connectivity index (χ3v) is 3.88. The van der Waals surface area contributed by atoms with E-state index in [9.17, 15) is 14.7 Å². The molecule has 27 heavy (non-hydrogen) atoms. The van der Waals surface area contributed by atoms with Gasteiger partial charge in [-0.15, -0.1) is 0 Å². The molecule has 0 fully saturated rings. The van der Waals surface area contributed by atoms with Crippen molar-refractivity contribution < 1.29 is 24.2 Å². The molecule has 1 amide bonds. The van der Waals surface area contributed by atoms with Crippen molar-refractivity contribution in [3.05, 3.63) is 71.8 Å². The molecule has 0 spiro atoms. The van der Waals surface area contributed by atoms with E-state index in [0.29, 0.717) is 19.4 Å². The van der Waals surface area contributed by atoms with Crippen molar-refractivity contribution >= 4 is 12.1 Å². The zero-order valence-corrected chi connectivity index (χ0v) is 15.2. The molecular formula is C21H25NO5. The van der Waals surface area contributed by atoms with Crippen molar-refractivity contribution in [2.75, 3.05) is 6.54 Å². The summed E-state index contributed by atoms with van der Waals surface area (Å²) < 4.78 is 10.2. The highest BCUT2D eigenvalue weighted by Gasteiger charge is 2.16. The number of hydrogen-bond donors (Lipinski definition) is 2. The van der Waals surface area contributed by atoms with Crippen molar-refractivity contribution in [3.63, 3.8) is 0 Å². The molecule has 0 bridgehead atoms. The fourth-order valence-electron chi connectivity index (χ4n) is 2.37. The maximum atomic E-state index is 11.7. The van der Waals surface area contributed by atoms with Crippen LogP contribution in [0.3, 0.4) is 0 Å². The van der Waals surface area contributed by atoms with Gasteiger partial charge in [0.05, 0.1) is 0 Å². The van der Waals surface area contributed by atoms with Gasteiger partial charge in [-0.3, -0.25) is 0 Å². The van der Waals surface area contributed by atoms with Gasteiger partial charge < -0.3 is 19.9 Å². The van der Waals surface area contributed by atoms with Crippen LogP contribution in [-0.2, 0) is 27.5 Å². The number of alkyl carbamates (subject to hydrolysis) is 1. The molecule has 2 rings (SSSR count). The first kappa shape index (κ1) is 20.5. The van der Waals surface area contributed by atoms with E-state index in [1.165, 1.54) is 0 Å². The summed E-state index contributed by atoms with van der Waals surface area (Å²) in [6, 6.07) is 18.7. The monoisotopic (exact) mass is 371 g/mol. The Balaban J connectivity index is 1.51. The third kappa shape index (κ3) is 8.37. The molecule has 0 saturated heterocycles. The van der Waals surface area contributed by atoms with E-state index in [1.54, 1.807) is 0 Å². The van der Waals surface area contributed by atoms with Crippen molar-refractivity contribution in [3.8, 4) is 0 Å². The molecule has 0 aliphatic carbocycles. The maximum absolute atomic E-state index is 11.7. The number of aliphatic hydroxyl groups excluding tert-OH is 1. The topological polar surface area (TPSA) is 84.9 Å². The molecule has 6 heteroatoms. The number of ether oxygens (including phenoxy) is 2. The molecule has 1 atom stereocenters.